The van der Waals surface area contributed by atoms with Crippen molar-refractivity contribution in [2.75, 3.05) is 4.90 Å². The maximum absolute atomic E-state index is 2.10. The fourth-order valence-corrected chi connectivity index (χ4v) is 1.58. The van der Waals surface area contributed by atoms with E-state index in [4.69, 9.17) is 0 Å². The first-order valence-corrected chi connectivity index (χ1v) is 4.40. The summed E-state index contributed by atoms with van der Waals surface area (Å²) >= 11 is 1.70. The Morgan fingerprint density at radius 1 is 1.09 bits per heavy atom. The number of thioether (sulfide) groups is 1. The lowest BCUT2D eigenvalue weighted by molar-refractivity contribution is 1.28. The smallest absolute Gasteiger partial charge is 0.114 e. The maximum atomic E-state index is 2.10. The molecule has 0 aromatic heterocycles. The quantitative estimate of drug-likeness (QED) is 0.624. The fraction of sp³-hybridized carbons (Fsp3) is 0. The number of nitrogens with zero attached hydrogens (tertiary/aromatic N) is 1. The molecule has 11 heavy (non-hydrogen) atoms. The number of rotatable bonds is 1. The third kappa shape index (κ3) is 1.40. The Hall–Kier alpha value is -0.890. The lowest BCUT2D eigenvalue weighted by Gasteiger charge is -2.12. The van der Waals surface area contributed by atoms with Crippen molar-refractivity contribution in [1.82, 2.24) is 0 Å². The molecule has 1 heterocycles. The van der Waals surface area contributed by atoms with E-state index in [2.05, 4.69) is 34.5 Å². The van der Waals surface area contributed by atoms with Crippen LogP contribution in [0.4, 0.5) is 5.69 Å². The molecule has 0 bridgehead atoms. The first kappa shape index (κ1) is 6.80. The van der Waals surface area contributed by atoms with Crippen LogP contribution in [0.25, 0.3) is 0 Å². The Bertz CT molecular complexity index is 256. The lowest BCUT2D eigenvalue weighted by atomic mass is 10.3. The summed E-state index contributed by atoms with van der Waals surface area (Å²) in [7, 11) is 0. The predicted octanol–water partition coefficient (Wildman–Crippen LogP) is 2.83. The molecule has 0 saturated carbocycles. The van der Waals surface area contributed by atoms with Gasteiger partial charge in [-0.15, -0.1) is 11.8 Å². The second-order valence-corrected chi connectivity index (χ2v) is 3.02. The highest BCUT2D eigenvalue weighted by Gasteiger charge is 2.05. The SMILES string of the molecule is [CH]1SC=CN1c1ccccc1. The molecule has 2 heteroatoms. The van der Waals surface area contributed by atoms with Gasteiger partial charge in [-0.25, -0.2) is 0 Å². The van der Waals surface area contributed by atoms with Crippen molar-refractivity contribution in [2.24, 2.45) is 0 Å². The van der Waals surface area contributed by atoms with Gasteiger partial charge >= 0.3 is 0 Å². The van der Waals surface area contributed by atoms with E-state index in [0.717, 1.165) is 0 Å². The Labute approximate surface area is 70.7 Å². The molecule has 0 N–H and O–H groups in total. The highest BCUT2D eigenvalue weighted by atomic mass is 32.2. The van der Waals surface area contributed by atoms with Crippen LogP contribution >= 0.6 is 11.8 Å². The molecule has 2 rings (SSSR count). The Morgan fingerprint density at radius 2 is 1.91 bits per heavy atom. The maximum Gasteiger partial charge on any atom is 0.114 e. The van der Waals surface area contributed by atoms with Crippen molar-refractivity contribution in [3.63, 3.8) is 0 Å². The summed E-state index contributed by atoms with van der Waals surface area (Å²) < 4.78 is 0. The topological polar surface area (TPSA) is 3.24 Å². The van der Waals surface area contributed by atoms with E-state index < -0.39 is 0 Å². The standard InChI is InChI=1S/C9H8NS/c1-2-4-9(5-3-1)10-6-7-11-8-10/h1-8H. The van der Waals surface area contributed by atoms with E-state index in [9.17, 15) is 0 Å². The van der Waals surface area contributed by atoms with Gasteiger partial charge in [-0.2, -0.15) is 0 Å². The second kappa shape index (κ2) is 3.01. The van der Waals surface area contributed by atoms with Crippen LogP contribution in [0.1, 0.15) is 0 Å². The van der Waals surface area contributed by atoms with Crippen LogP contribution in [-0.2, 0) is 0 Å². The van der Waals surface area contributed by atoms with Crippen molar-refractivity contribution in [2.45, 2.75) is 0 Å². The summed E-state index contributed by atoms with van der Waals surface area (Å²) in [5.41, 5.74) is 1.22. The highest BCUT2D eigenvalue weighted by Crippen LogP contribution is 2.26. The highest BCUT2D eigenvalue weighted by molar-refractivity contribution is 8.04. The molecule has 0 amide bonds. The van der Waals surface area contributed by atoms with Crippen LogP contribution in [0.3, 0.4) is 0 Å². The summed E-state index contributed by atoms with van der Waals surface area (Å²) in [5, 5.41) is 2.06. The number of anilines is 1. The summed E-state index contributed by atoms with van der Waals surface area (Å²) in [4.78, 5) is 2.10. The van der Waals surface area contributed by atoms with Gasteiger partial charge in [-0.1, -0.05) is 18.2 Å². The number of hydrogen-bond acceptors (Lipinski definition) is 2. The second-order valence-electron chi connectivity index (χ2n) is 2.27. The van der Waals surface area contributed by atoms with Gasteiger partial charge in [0.05, 0.1) is 0 Å². The van der Waals surface area contributed by atoms with Crippen LogP contribution in [0.2, 0.25) is 0 Å². The van der Waals surface area contributed by atoms with Crippen molar-refractivity contribution < 1.29 is 0 Å². The van der Waals surface area contributed by atoms with E-state index in [1.807, 2.05) is 18.2 Å². The van der Waals surface area contributed by atoms with E-state index in [1.54, 1.807) is 11.8 Å². The Kier molecular flexibility index (Phi) is 1.86. The molecule has 1 aliphatic heterocycles. The molecule has 1 radical (unpaired) electrons. The normalized spacial score (nSPS) is 15.8. The van der Waals surface area contributed by atoms with Crippen LogP contribution < -0.4 is 4.90 Å². The molecule has 1 aliphatic rings. The van der Waals surface area contributed by atoms with Gasteiger partial charge in [0.25, 0.3) is 0 Å². The zero-order valence-electron chi connectivity index (χ0n) is 5.97. The van der Waals surface area contributed by atoms with E-state index in [-0.39, 0.29) is 0 Å². The molecule has 55 valence electrons. The van der Waals surface area contributed by atoms with Crippen LogP contribution in [0.15, 0.2) is 41.9 Å². The summed E-state index contributed by atoms with van der Waals surface area (Å²) in [5.74, 6) is 2.08. The van der Waals surface area contributed by atoms with Crippen molar-refractivity contribution in [3.8, 4) is 0 Å². The molecule has 0 atom stereocenters. The van der Waals surface area contributed by atoms with Crippen LogP contribution in [0, 0.1) is 5.88 Å². The van der Waals surface area contributed by atoms with Crippen LogP contribution in [-0.4, -0.2) is 0 Å². The van der Waals surface area contributed by atoms with E-state index in [1.165, 1.54) is 5.69 Å². The van der Waals surface area contributed by atoms with Gasteiger partial charge in [-0.3, -0.25) is 0 Å². The Balaban J connectivity index is 2.23. The minimum atomic E-state index is 1.22. The molecule has 0 aliphatic carbocycles. The number of hydrogen-bond donors (Lipinski definition) is 0. The van der Waals surface area contributed by atoms with Gasteiger partial charge in [0.2, 0.25) is 0 Å². The van der Waals surface area contributed by atoms with Gasteiger partial charge in [0, 0.05) is 11.9 Å². The first-order chi connectivity index (χ1) is 5.47. The Morgan fingerprint density at radius 3 is 2.55 bits per heavy atom. The summed E-state index contributed by atoms with van der Waals surface area (Å²) in [6.45, 7) is 0. The molecule has 0 fully saturated rings. The molecule has 1 aromatic carbocycles. The van der Waals surface area contributed by atoms with Gasteiger partial charge in [0.1, 0.15) is 5.88 Å². The molecule has 1 nitrogen and oxygen atoms in total. The number of benzene rings is 1. The third-order valence-corrected chi connectivity index (χ3v) is 2.16. The molecule has 0 unspecified atom stereocenters. The first-order valence-electron chi connectivity index (χ1n) is 3.46. The third-order valence-electron chi connectivity index (χ3n) is 1.53. The average molecular weight is 162 g/mol. The molecular formula is C9H8NS. The number of para-hydroxylation sites is 1. The zero-order chi connectivity index (χ0) is 7.52. The monoisotopic (exact) mass is 162 g/mol. The van der Waals surface area contributed by atoms with E-state index in [0.29, 0.717) is 0 Å². The van der Waals surface area contributed by atoms with Crippen LogP contribution in [0.5, 0.6) is 0 Å². The van der Waals surface area contributed by atoms with Crippen molar-refractivity contribution in [3.05, 3.63) is 47.8 Å². The largest absolute Gasteiger partial charge is 0.332 e. The predicted molar refractivity (Wildman–Crippen MR) is 50.0 cm³/mol. The molecule has 1 aromatic rings. The average Bonchev–Trinajstić information content (AvgIpc) is 2.58. The summed E-state index contributed by atoms with van der Waals surface area (Å²) in [6.07, 6.45) is 2.06. The van der Waals surface area contributed by atoms with Crippen molar-refractivity contribution >= 4 is 17.4 Å². The molecular weight excluding hydrogens is 154 g/mol. The minimum absolute atomic E-state index is 1.22. The zero-order valence-corrected chi connectivity index (χ0v) is 6.79. The minimum Gasteiger partial charge on any atom is -0.332 e. The van der Waals surface area contributed by atoms with Crippen molar-refractivity contribution in [1.29, 1.82) is 0 Å². The van der Waals surface area contributed by atoms with Gasteiger partial charge < -0.3 is 4.90 Å². The molecule has 0 saturated heterocycles. The fourth-order valence-electron chi connectivity index (χ4n) is 0.984. The van der Waals surface area contributed by atoms with Gasteiger partial charge in [-0.05, 0) is 17.5 Å². The lowest BCUT2D eigenvalue weighted by Crippen LogP contribution is -2.04. The van der Waals surface area contributed by atoms with Gasteiger partial charge in [0.15, 0.2) is 0 Å². The van der Waals surface area contributed by atoms with E-state index >= 15 is 0 Å². The summed E-state index contributed by atoms with van der Waals surface area (Å²) in [6, 6.07) is 10.3. The molecule has 0 spiro atoms.